The van der Waals surface area contributed by atoms with Gasteiger partial charge in [0.15, 0.2) is 12.4 Å². The minimum atomic E-state index is -1.71. The Bertz CT molecular complexity index is 1040. The molecule has 186 valence electrons. The minimum Gasteiger partial charge on any atom is -0.545 e. The molecule has 0 saturated carbocycles. The Morgan fingerprint density at radius 2 is 0.944 bits per heavy atom. The fraction of sp³-hybridized carbons (Fsp3) is 0. The number of nitro benzene ring substituents is 4. The maximum absolute atomic E-state index is 10.5. The predicted octanol–water partition coefficient (Wildman–Crippen LogP) is 1.57. The quantitative estimate of drug-likeness (QED) is 0.371. The van der Waals surface area contributed by atoms with E-state index < -0.39 is 65.5 Å². The number of aromatic amines is 1. The van der Waals surface area contributed by atoms with Crippen molar-refractivity contribution >= 4 is 34.7 Å². The second-order valence-corrected chi connectivity index (χ2v) is 6.17. The second-order valence-electron chi connectivity index (χ2n) is 6.17. The predicted molar refractivity (Wildman–Crippen MR) is 114 cm³/mol. The number of carboxylic acids is 2. The summed E-state index contributed by atoms with van der Waals surface area (Å²) in [7, 11) is 0. The first-order chi connectivity index (χ1) is 16.8. The lowest BCUT2D eigenvalue weighted by Gasteiger charge is -2.01. The first kappa shape index (κ1) is 28.2. The molecule has 0 amide bonds. The van der Waals surface area contributed by atoms with Gasteiger partial charge in [0.25, 0.3) is 22.7 Å². The smallest absolute Gasteiger partial charge is 0.336 e. The number of benzene rings is 2. The third kappa shape index (κ3) is 8.94. The van der Waals surface area contributed by atoms with Gasteiger partial charge in [0.1, 0.15) is 0 Å². The van der Waals surface area contributed by atoms with Crippen molar-refractivity contribution in [3.63, 3.8) is 0 Å². The van der Waals surface area contributed by atoms with Crippen molar-refractivity contribution < 1.29 is 44.5 Å². The number of nitrogens with zero attached hydrogens (tertiary/aromatic N) is 4. The van der Waals surface area contributed by atoms with Gasteiger partial charge < -0.3 is 15.0 Å². The molecule has 1 heterocycles. The number of nitrogens with one attached hydrogen (secondary N) is 1. The molecule has 0 fully saturated rings. The first-order valence-electron chi connectivity index (χ1n) is 9.07. The summed E-state index contributed by atoms with van der Waals surface area (Å²) in [5, 5.41) is 60.3. The van der Waals surface area contributed by atoms with E-state index in [9.17, 15) is 55.2 Å². The van der Waals surface area contributed by atoms with Crippen molar-refractivity contribution in [1.29, 1.82) is 0 Å². The van der Waals surface area contributed by atoms with Crippen molar-refractivity contribution in [2.24, 2.45) is 0 Å². The SMILES string of the molecule is O=C(O)c1cc([N+](=O)[O-])cc([N+](=O)[O-])c1.O=C([O-])c1cc([N+](=O)[O-])cc([N+](=O)[O-])c1.c1cc[nH+]cc1. The lowest BCUT2D eigenvalue weighted by molar-refractivity contribution is -0.394. The number of carbonyl (C=O) groups is 2. The zero-order valence-corrected chi connectivity index (χ0v) is 17.6. The van der Waals surface area contributed by atoms with Crippen molar-refractivity contribution in [3.05, 3.63) is 119 Å². The van der Waals surface area contributed by atoms with E-state index in [1.54, 1.807) is 0 Å². The molecule has 3 aromatic rings. The Balaban J connectivity index is 0.000000293. The van der Waals surface area contributed by atoms with E-state index in [1.807, 2.05) is 30.6 Å². The molecule has 36 heavy (non-hydrogen) atoms. The highest BCUT2D eigenvalue weighted by Crippen LogP contribution is 2.23. The highest BCUT2D eigenvalue weighted by molar-refractivity contribution is 5.89. The highest BCUT2D eigenvalue weighted by Gasteiger charge is 2.19. The zero-order valence-electron chi connectivity index (χ0n) is 17.6. The molecule has 2 N–H and O–H groups in total. The highest BCUT2D eigenvalue weighted by atomic mass is 16.6. The molecule has 0 aliphatic carbocycles. The number of nitro groups is 4. The molecule has 1 aromatic heterocycles. The lowest BCUT2D eigenvalue weighted by Crippen LogP contribution is -2.22. The molecule has 0 bridgehead atoms. The van der Waals surface area contributed by atoms with E-state index in [2.05, 4.69) is 4.98 Å². The van der Waals surface area contributed by atoms with Crippen molar-refractivity contribution in [3.8, 4) is 0 Å². The van der Waals surface area contributed by atoms with Gasteiger partial charge in [-0.2, -0.15) is 0 Å². The molecule has 3 rings (SSSR count). The Labute approximate surface area is 198 Å². The van der Waals surface area contributed by atoms with Crippen LogP contribution in [0.1, 0.15) is 20.7 Å². The van der Waals surface area contributed by atoms with Crippen molar-refractivity contribution in [1.82, 2.24) is 0 Å². The lowest BCUT2D eigenvalue weighted by atomic mass is 10.2. The molecule has 17 nitrogen and oxygen atoms in total. The van der Waals surface area contributed by atoms with Gasteiger partial charge in [0, 0.05) is 42.0 Å². The molecule has 0 radical (unpaired) electrons. The van der Waals surface area contributed by atoms with E-state index in [0.717, 1.165) is 12.1 Å². The number of non-ortho nitro benzene ring substituents is 4. The second kappa shape index (κ2) is 13.0. The monoisotopic (exact) mass is 503 g/mol. The Morgan fingerprint density at radius 3 is 1.14 bits per heavy atom. The third-order valence-electron chi connectivity index (χ3n) is 3.74. The van der Waals surface area contributed by atoms with Crippen LogP contribution in [0, 0.1) is 40.5 Å². The Hall–Kier alpha value is -5.87. The summed E-state index contributed by atoms with van der Waals surface area (Å²) in [4.78, 5) is 61.5. The maximum atomic E-state index is 10.5. The van der Waals surface area contributed by atoms with Crippen LogP contribution in [0.2, 0.25) is 0 Å². The van der Waals surface area contributed by atoms with Crippen LogP contribution in [0.5, 0.6) is 0 Å². The summed E-state index contributed by atoms with van der Waals surface area (Å²) in [6.45, 7) is 0. The minimum absolute atomic E-state index is 0.490. The largest absolute Gasteiger partial charge is 0.545 e. The normalized spacial score (nSPS) is 9.33. The van der Waals surface area contributed by atoms with Crippen LogP contribution in [0.3, 0.4) is 0 Å². The topological polar surface area (TPSA) is 264 Å². The number of carbonyl (C=O) groups excluding carboxylic acids is 1. The molecule has 0 aliphatic rings. The number of aromatic nitrogens is 1. The standard InChI is InChI=1S/2C7H4N2O6.C5H5N/c2*10-7(11)4-1-5(8(12)13)3-6(2-4)9(14)15;1-2-4-6-5-3-1/h2*1-3H,(H,10,11);1-5H. The Kier molecular flexibility index (Phi) is 10.2. The molecular formula is C19H13N5O12. The van der Waals surface area contributed by atoms with Crippen LogP contribution in [-0.2, 0) is 0 Å². The average molecular weight is 503 g/mol. The van der Waals surface area contributed by atoms with Gasteiger partial charge in [-0.15, -0.1) is 0 Å². The summed E-state index contributed by atoms with van der Waals surface area (Å²) in [5.74, 6) is -3.16. The number of H-pyrrole nitrogens is 1. The number of aromatic carboxylic acids is 2. The maximum Gasteiger partial charge on any atom is 0.336 e. The average Bonchev–Trinajstić information content (AvgIpc) is 2.85. The Morgan fingerprint density at radius 1 is 0.611 bits per heavy atom. The van der Waals surface area contributed by atoms with Crippen LogP contribution >= 0.6 is 0 Å². The van der Waals surface area contributed by atoms with Gasteiger partial charge >= 0.3 is 5.97 Å². The first-order valence-corrected chi connectivity index (χ1v) is 9.07. The summed E-state index contributed by atoms with van der Waals surface area (Å²) in [6, 6.07) is 10.1. The molecule has 0 unspecified atom stereocenters. The van der Waals surface area contributed by atoms with Gasteiger partial charge in [-0.05, 0) is 0 Å². The number of carboxylic acid groups (broad SMARTS) is 2. The summed E-state index contributed by atoms with van der Waals surface area (Å²) < 4.78 is 0. The molecular weight excluding hydrogens is 490 g/mol. The van der Waals surface area contributed by atoms with Crippen molar-refractivity contribution in [2.45, 2.75) is 0 Å². The molecule has 0 aliphatic heterocycles. The third-order valence-corrected chi connectivity index (χ3v) is 3.74. The summed E-state index contributed by atoms with van der Waals surface area (Å²) in [5.41, 5.74) is -3.66. The van der Waals surface area contributed by atoms with Crippen LogP contribution < -0.4 is 10.1 Å². The summed E-state index contributed by atoms with van der Waals surface area (Å²) in [6.07, 6.45) is 3.75. The summed E-state index contributed by atoms with van der Waals surface area (Å²) >= 11 is 0. The molecule has 0 spiro atoms. The molecule has 17 heteroatoms. The number of rotatable bonds is 6. The van der Waals surface area contributed by atoms with Crippen LogP contribution in [0.25, 0.3) is 0 Å². The van der Waals surface area contributed by atoms with E-state index in [4.69, 9.17) is 5.11 Å². The molecule has 0 atom stereocenters. The van der Waals surface area contributed by atoms with E-state index in [1.165, 1.54) is 0 Å². The van der Waals surface area contributed by atoms with Crippen LogP contribution in [0.15, 0.2) is 67.0 Å². The van der Waals surface area contributed by atoms with Crippen LogP contribution in [-0.4, -0.2) is 36.7 Å². The number of hydrogen-bond donors (Lipinski definition) is 1. The van der Waals surface area contributed by atoms with E-state index >= 15 is 0 Å². The van der Waals surface area contributed by atoms with Gasteiger partial charge in [0.2, 0.25) is 0 Å². The van der Waals surface area contributed by atoms with E-state index in [-0.39, 0.29) is 0 Å². The van der Waals surface area contributed by atoms with Gasteiger partial charge in [0.05, 0.1) is 43.4 Å². The van der Waals surface area contributed by atoms with Crippen molar-refractivity contribution in [2.75, 3.05) is 0 Å². The van der Waals surface area contributed by atoms with Gasteiger partial charge in [-0.25, -0.2) is 9.78 Å². The zero-order chi connectivity index (χ0) is 27.4. The number of pyridine rings is 1. The van der Waals surface area contributed by atoms with Crippen LogP contribution in [0.4, 0.5) is 22.7 Å². The van der Waals surface area contributed by atoms with Gasteiger partial charge in [-0.1, -0.05) is 6.07 Å². The number of hydrogen-bond acceptors (Lipinski definition) is 11. The molecule has 2 aromatic carbocycles. The van der Waals surface area contributed by atoms with E-state index in [0.29, 0.717) is 24.3 Å². The molecule has 0 saturated heterocycles. The fourth-order valence-electron chi connectivity index (χ4n) is 2.20. The van der Waals surface area contributed by atoms with Gasteiger partial charge in [-0.3, -0.25) is 40.5 Å². The fourth-order valence-corrected chi connectivity index (χ4v) is 2.20.